The molecule has 1 heterocycles. The van der Waals surface area contributed by atoms with Gasteiger partial charge in [-0.15, -0.1) is 10.2 Å². The van der Waals surface area contributed by atoms with Crippen LogP contribution in [0.5, 0.6) is 0 Å². The monoisotopic (exact) mass is 447 g/mol. The number of aromatic nitrogens is 2. The van der Waals surface area contributed by atoms with Crippen LogP contribution in [0, 0.1) is 17.1 Å². The molecule has 1 unspecified atom stereocenters. The highest BCUT2D eigenvalue weighted by Crippen LogP contribution is 2.30. The van der Waals surface area contributed by atoms with Crippen molar-refractivity contribution >= 4 is 51.4 Å². The number of hydrogen-bond acceptors (Lipinski definition) is 7. The van der Waals surface area contributed by atoms with E-state index in [0.29, 0.717) is 27.3 Å². The third-order valence-corrected chi connectivity index (χ3v) is 6.15. The van der Waals surface area contributed by atoms with Crippen molar-refractivity contribution in [3.8, 4) is 6.07 Å². The van der Waals surface area contributed by atoms with Gasteiger partial charge in [0, 0.05) is 12.2 Å². The molecular formula is C19H15ClFN5OS2. The number of anilines is 2. The number of carbonyl (C=O) groups is 1. The minimum atomic E-state index is -0.415. The number of amides is 1. The zero-order valence-electron chi connectivity index (χ0n) is 15.1. The molecule has 6 nitrogen and oxygen atoms in total. The van der Waals surface area contributed by atoms with Gasteiger partial charge in [-0.05, 0) is 42.8 Å². The Morgan fingerprint density at radius 1 is 1.31 bits per heavy atom. The summed E-state index contributed by atoms with van der Waals surface area (Å²) >= 11 is 8.60. The third-order valence-electron chi connectivity index (χ3n) is 3.77. The molecule has 0 radical (unpaired) electrons. The van der Waals surface area contributed by atoms with E-state index in [1.165, 1.54) is 41.3 Å². The summed E-state index contributed by atoms with van der Waals surface area (Å²) in [6.45, 7) is 2.26. The lowest BCUT2D eigenvalue weighted by Crippen LogP contribution is -2.22. The molecule has 3 rings (SSSR count). The average Bonchev–Trinajstić information content (AvgIpc) is 3.15. The molecule has 148 valence electrons. The van der Waals surface area contributed by atoms with E-state index in [1.54, 1.807) is 31.2 Å². The maximum Gasteiger partial charge on any atom is 0.237 e. The first-order valence-electron chi connectivity index (χ1n) is 8.43. The Morgan fingerprint density at radius 3 is 2.76 bits per heavy atom. The summed E-state index contributed by atoms with van der Waals surface area (Å²) in [5.41, 5.74) is 1.79. The van der Waals surface area contributed by atoms with Gasteiger partial charge in [0.25, 0.3) is 0 Å². The number of nitriles is 1. The van der Waals surface area contributed by atoms with Crippen LogP contribution in [0.15, 0.2) is 46.8 Å². The van der Waals surface area contributed by atoms with Gasteiger partial charge in [-0.2, -0.15) is 5.26 Å². The van der Waals surface area contributed by atoms with Gasteiger partial charge in [0.2, 0.25) is 11.0 Å². The lowest BCUT2D eigenvalue weighted by molar-refractivity contribution is -0.115. The van der Waals surface area contributed by atoms with Gasteiger partial charge in [-0.1, -0.05) is 46.8 Å². The molecule has 0 aliphatic heterocycles. The lowest BCUT2D eigenvalue weighted by Gasteiger charge is -2.10. The van der Waals surface area contributed by atoms with E-state index in [2.05, 4.69) is 20.8 Å². The van der Waals surface area contributed by atoms with E-state index in [-0.39, 0.29) is 16.7 Å². The van der Waals surface area contributed by atoms with Crippen molar-refractivity contribution < 1.29 is 9.18 Å². The van der Waals surface area contributed by atoms with E-state index in [9.17, 15) is 9.18 Å². The Hall–Kier alpha value is -2.67. The Kier molecular flexibility index (Phi) is 7.04. The molecular weight excluding hydrogens is 433 g/mol. The summed E-state index contributed by atoms with van der Waals surface area (Å²) in [5, 5.41) is 23.4. The number of hydrogen-bond donors (Lipinski definition) is 2. The SMILES string of the molecule is CC(Sc1nnc(NCc2ccc(F)cc2)s1)C(=O)Nc1ccc(C#N)c(Cl)c1. The van der Waals surface area contributed by atoms with Gasteiger partial charge in [0.15, 0.2) is 4.34 Å². The molecule has 10 heteroatoms. The smallest absolute Gasteiger partial charge is 0.237 e. The molecule has 0 saturated carbocycles. The fourth-order valence-corrected chi connectivity index (χ4v) is 4.36. The average molecular weight is 448 g/mol. The molecule has 3 aromatic rings. The summed E-state index contributed by atoms with van der Waals surface area (Å²) in [6, 6.07) is 12.9. The predicted octanol–water partition coefficient (Wildman–Crippen LogP) is 4.93. The van der Waals surface area contributed by atoms with E-state index in [1.807, 2.05) is 6.07 Å². The van der Waals surface area contributed by atoms with Crippen LogP contribution in [0.1, 0.15) is 18.1 Å². The van der Waals surface area contributed by atoms with Crippen molar-refractivity contribution in [1.82, 2.24) is 10.2 Å². The van der Waals surface area contributed by atoms with Crippen LogP contribution in [-0.2, 0) is 11.3 Å². The number of benzene rings is 2. The summed E-state index contributed by atoms with van der Waals surface area (Å²) in [6.07, 6.45) is 0. The molecule has 2 aromatic carbocycles. The fourth-order valence-electron chi connectivity index (χ4n) is 2.24. The van der Waals surface area contributed by atoms with Crippen molar-refractivity contribution in [3.05, 3.63) is 64.4 Å². The highest BCUT2D eigenvalue weighted by atomic mass is 35.5. The summed E-state index contributed by atoms with van der Waals surface area (Å²) in [4.78, 5) is 12.4. The van der Waals surface area contributed by atoms with Crippen molar-refractivity contribution in [2.75, 3.05) is 10.6 Å². The second kappa shape index (κ2) is 9.69. The minimum Gasteiger partial charge on any atom is -0.356 e. The van der Waals surface area contributed by atoms with Crippen molar-refractivity contribution in [1.29, 1.82) is 5.26 Å². The van der Waals surface area contributed by atoms with E-state index in [0.717, 1.165) is 5.56 Å². The van der Waals surface area contributed by atoms with E-state index < -0.39 is 5.25 Å². The van der Waals surface area contributed by atoms with Crippen LogP contribution in [0.3, 0.4) is 0 Å². The maximum absolute atomic E-state index is 12.9. The molecule has 0 bridgehead atoms. The van der Waals surface area contributed by atoms with Crippen LogP contribution in [0.25, 0.3) is 0 Å². The predicted molar refractivity (Wildman–Crippen MR) is 114 cm³/mol. The number of thioether (sulfide) groups is 1. The first-order valence-corrected chi connectivity index (χ1v) is 10.5. The number of carbonyl (C=O) groups excluding carboxylic acids is 1. The Morgan fingerprint density at radius 2 is 2.07 bits per heavy atom. The Balaban J connectivity index is 1.53. The molecule has 0 aliphatic rings. The normalized spacial score (nSPS) is 11.5. The first kappa shape index (κ1) is 21.0. The fraction of sp³-hybridized carbons (Fsp3) is 0.158. The highest BCUT2D eigenvalue weighted by Gasteiger charge is 2.18. The second-order valence-electron chi connectivity index (χ2n) is 5.91. The van der Waals surface area contributed by atoms with Gasteiger partial charge >= 0.3 is 0 Å². The van der Waals surface area contributed by atoms with Crippen LogP contribution < -0.4 is 10.6 Å². The second-order valence-corrected chi connectivity index (χ2v) is 8.88. The number of nitrogens with zero attached hydrogens (tertiary/aromatic N) is 3. The quantitative estimate of drug-likeness (QED) is 0.499. The zero-order chi connectivity index (χ0) is 20.8. The Bertz CT molecular complexity index is 1050. The molecule has 29 heavy (non-hydrogen) atoms. The van der Waals surface area contributed by atoms with Crippen molar-refractivity contribution in [2.45, 2.75) is 23.1 Å². The zero-order valence-corrected chi connectivity index (χ0v) is 17.5. The molecule has 0 aliphatic carbocycles. The topological polar surface area (TPSA) is 90.7 Å². The van der Waals surface area contributed by atoms with Gasteiger partial charge < -0.3 is 10.6 Å². The van der Waals surface area contributed by atoms with Crippen LogP contribution >= 0.6 is 34.7 Å². The molecule has 0 spiro atoms. The maximum atomic E-state index is 12.9. The number of halogens is 2. The summed E-state index contributed by atoms with van der Waals surface area (Å²) < 4.78 is 13.6. The Labute approximate surface area is 180 Å². The highest BCUT2D eigenvalue weighted by molar-refractivity contribution is 8.02. The summed E-state index contributed by atoms with van der Waals surface area (Å²) in [7, 11) is 0. The number of nitrogens with one attached hydrogen (secondary N) is 2. The van der Waals surface area contributed by atoms with E-state index >= 15 is 0 Å². The van der Waals surface area contributed by atoms with Crippen LogP contribution in [-0.4, -0.2) is 21.4 Å². The first-order chi connectivity index (χ1) is 13.9. The molecule has 2 N–H and O–H groups in total. The molecule has 0 fully saturated rings. The van der Waals surface area contributed by atoms with Gasteiger partial charge in [0.05, 0.1) is 15.8 Å². The molecule has 0 saturated heterocycles. The van der Waals surface area contributed by atoms with Gasteiger partial charge in [-0.25, -0.2) is 4.39 Å². The summed E-state index contributed by atoms with van der Waals surface area (Å²) in [5.74, 6) is -0.495. The minimum absolute atomic E-state index is 0.216. The van der Waals surface area contributed by atoms with Gasteiger partial charge in [0.1, 0.15) is 11.9 Å². The van der Waals surface area contributed by atoms with Crippen LogP contribution in [0.4, 0.5) is 15.2 Å². The van der Waals surface area contributed by atoms with E-state index in [4.69, 9.17) is 16.9 Å². The standard InChI is InChI=1S/C19H15ClFN5OS2/c1-11(17(27)24-15-7-4-13(9-22)16(20)8-15)28-19-26-25-18(29-19)23-10-12-2-5-14(21)6-3-12/h2-8,11H,10H2,1H3,(H,23,25)(H,24,27). The molecule has 1 amide bonds. The third kappa shape index (κ3) is 5.90. The molecule has 1 atom stereocenters. The lowest BCUT2D eigenvalue weighted by atomic mass is 10.2. The van der Waals surface area contributed by atoms with Crippen molar-refractivity contribution in [3.63, 3.8) is 0 Å². The largest absolute Gasteiger partial charge is 0.356 e. The van der Waals surface area contributed by atoms with Crippen molar-refractivity contribution in [2.24, 2.45) is 0 Å². The number of rotatable bonds is 7. The molecule has 1 aromatic heterocycles. The van der Waals surface area contributed by atoms with Gasteiger partial charge in [-0.3, -0.25) is 4.79 Å². The van der Waals surface area contributed by atoms with Crippen LogP contribution in [0.2, 0.25) is 5.02 Å².